The average Bonchev–Trinajstić information content (AvgIpc) is 3.60. The fourth-order valence-electron chi connectivity index (χ4n) is 3.56. The fraction of sp³-hybridized carbons (Fsp3) is 0.292. The number of alkyl halides is 3. The van der Waals surface area contributed by atoms with Crippen LogP contribution < -0.4 is 10.6 Å². The van der Waals surface area contributed by atoms with Crippen molar-refractivity contribution in [3.8, 4) is 0 Å². The molecule has 2 N–H and O–H groups in total. The highest BCUT2D eigenvalue weighted by Gasteiger charge is 2.51. The van der Waals surface area contributed by atoms with Crippen LogP contribution in [0.4, 0.5) is 24.5 Å². The number of amides is 1. The smallest absolute Gasteiger partial charge is 0.354 e. The molecular formula is C24H21ClF3N5O2. The lowest BCUT2D eigenvalue weighted by molar-refractivity contribution is -0.137. The molecule has 0 atom stereocenters. The summed E-state index contributed by atoms with van der Waals surface area (Å²) in [5.74, 6) is 0.133. The number of halogens is 4. The molecule has 0 saturated heterocycles. The van der Waals surface area contributed by atoms with E-state index in [1.165, 1.54) is 30.7 Å². The summed E-state index contributed by atoms with van der Waals surface area (Å²) in [4.78, 5) is 37.5. The first-order chi connectivity index (χ1) is 16.6. The topological polar surface area (TPSA) is 96.9 Å². The summed E-state index contributed by atoms with van der Waals surface area (Å²) in [6, 6.07) is 6.63. The van der Waals surface area contributed by atoms with Gasteiger partial charge in [0.1, 0.15) is 5.82 Å². The number of benzene rings is 1. The second kappa shape index (κ2) is 9.61. The van der Waals surface area contributed by atoms with Gasteiger partial charge >= 0.3 is 6.18 Å². The molecule has 1 saturated carbocycles. The summed E-state index contributed by atoms with van der Waals surface area (Å²) in [5, 5.41) is 5.48. The van der Waals surface area contributed by atoms with Crippen molar-refractivity contribution in [1.82, 2.24) is 20.3 Å². The molecule has 0 bridgehead atoms. The number of rotatable bonds is 8. The Balaban J connectivity index is 1.34. The fourth-order valence-corrected chi connectivity index (χ4v) is 3.73. The number of ketones is 1. The van der Waals surface area contributed by atoms with Crippen LogP contribution in [-0.2, 0) is 17.5 Å². The Bertz CT molecular complexity index is 1240. The second-order valence-corrected chi connectivity index (χ2v) is 8.87. The lowest BCUT2D eigenvalue weighted by atomic mass is 9.95. The van der Waals surface area contributed by atoms with Gasteiger partial charge in [-0.15, -0.1) is 0 Å². The zero-order chi connectivity index (χ0) is 25.2. The van der Waals surface area contributed by atoms with Crippen LogP contribution in [0, 0.1) is 12.3 Å². The Hall–Kier alpha value is -3.53. The van der Waals surface area contributed by atoms with Gasteiger partial charge in [-0.2, -0.15) is 13.2 Å². The summed E-state index contributed by atoms with van der Waals surface area (Å²) in [7, 11) is 0. The van der Waals surface area contributed by atoms with E-state index in [1.807, 2.05) is 0 Å². The Morgan fingerprint density at radius 2 is 1.77 bits per heavy atom. The van der Waals surface area contributed by atoms with Crippen LogP contribution in [0.3, 0.4) is 0 Å². The maximum atomic E-state index is 13.3. The van der Waals surface area contributed by atoms with Gasteiger partial charge in [0.05, 0.1) is 46.4 Å². The summed E-state index contributed by atoms with van der Waals surface area (Å²) in [5.41, 5.74) is -0.547. The molecule has 2 heterocycles. The third-order valence-electron chi connectivity index (χ3n) is 5.76. The average molecular weight is 504 g/mol. The number of hydrogen-bond donors (Lipinski definition) is 2. The maximum absolute atomic E-state index is 13.3. The first-order valence-corrected chi connectivity index (χ1v) is 11.1. The van der Waals surface area contributed by atoms with E-state index in [4.69, 9.17) is 11.6 Å². The number of carbonyl (C=O) groups excluding carboxylic acids is 2. The van der Waals surface area contributed by atoms with Crippen LogP contribution in [0.15, 0.2) is 48.9 Å². The number of pyridine rings is 1. The number of anilines is 2. The van der Waals surface area contributed by atoms with Crippen molar-refractivity contribution in [3.63, 3.8) is 0 Å². The number of nitrogens with zero attached hydrogens (tertiary/aromatic N) is 3. The summed E-state index contributed by atoms with van der Waals surface area (Å²) in [6.45, 7) is 1.84. The van der Waals surface area contributed by atoms with E-state index in [9.17, 15) is 22.8 Å². The predicted octanol–water partition coefficient (Wildman–Crippen LogP) is 5.27. The van der Waals surface area contributed by atoms with Gasteiger partial charge in [0.25, 0.3) is 0 Å². The SMILES string of the molecule is Cc1ncc(C(=O)CC2(C(=O)NCc3ccc(Nc4ccc(Cl)cc4C(F)(F)F)cn3)CC2)cn1. The highest BCUT2D eigenvalue weighted by molar-refractivity contribution is 6.30. The summed E-state index contributed by atoms with van der Waals surface area (Å²) >= 11 is 5.71. The zero-order valence-corrected chi connectivity index (χ0v) is 19.4. The van der Waals surface area contributed by atoms with E-state index in [-0.39, 0.29) is 35.4 Å². The standard InChI is InChI=1S/C24H21ClF3N5O2/c1-14-29-10-15(11-30-14)21(34)9-23(6-7-23)22(35)32-12-17-3-4-18(13-31-17)33-20-5-2-16(25)8-19(20)24(26,27)28/h2-5,8,10-11,13,33H,6-7,9,12H2,1H3,(H,32,35). The molecule has 1 aliphatic rings. The third kappa shape index (κ3) is 5.94. The molecule has 0 unspecified atom stereocenters. The van der Waals surface area contributed by atoms with E-state index in [0.29, 0.717) is 35.6 Å². The Morgan fingerprint density at radius 3 is 2.37 bits per heavy atom. The molecule has 182 valence electrons. The van der Waals surface area contributed by atoms with E-state index < -0.39 is 17.2 Å². The summed E-state index contributed by atoms with van der Waals surface area (Å²) in [6.07, 6.45) is 1.01. The van der Waals surface area contributed by atoms with Gasteiger partial charge in [0.15, 0.2) is 5.78 Å². The maximum Gasteiger partial charge on any atom is 0.418 e. The van der Waals surface area contributed by atoms with Crippen LogP contribution in [-0.4, -0.2) is 26.6 Å². The number of carbonyl (C=O) groups is 2. The van der Waals surface area contributed by atoms with Crippen molar-refractivity contribution in [1.29, 1.82) is 0 Å². The largest absolute Gasteiger partial charge is 0.418 e. The molecule has 1 fully saturated rings. The molecule has 7 nitrogen and oxygen atoms in total. The normalized spacial score (nSPS) is 14.3. The number of aryl methyl sites for hydroxylation is 1. The highest BCUT2D eigenvalue weighted by Crippen LogP contribution is 2.49. The molecule has 0 spiro atoms. The van der Waals surface area contributed by atoms with Crippen molar-refractivity contribution in [3.05, 3.63) is 76.6 Å². The Kier molecular flexibility index (Phi) is 6.75. The minimum atomic E-state index is -4.57. The van der Waals surface area contributed by atoms with Crippen LogP contribution >= 0.6 is 11.6 Å². The molecule has 1 amide bonds. The molecule has 1 aliphatic carbocycles. The highest BCUT2D eigenvalue weighted by atomic mass is 35.5. The van der Waals surface area contributed by atoms with Crippen molar-refractivity contribution < 1.29 is 22.8 Å². The quantitative estimate of drug-likeness (QED) is 0.407. The Labute approximate surface area is 204 Å². The minimum absolute atomic E-state index is 0.0191. The van der Waals surface area contributed by atoms with Gasteiger partial charge in [0, 0.05) is 23.8 Å². The number of nitrogens with one attached hydrogen (secondary N) is 2. The van der Waals surface area contributed by atoms with Gasteiger partial charge in [-0.1, -0.05) is 11.6 Å². The van der Waals surface area contributed by atoms with E-state index >= 15 is 0 Å². The van der Waals surface area contributed by atoms with Crippen molar-refractivity contribution in [2.75, 3.05) is 5.32 Å². The van der Waals surface area contributed by atoms with Crippen molar-refractivity contribution >= 4 is 34.7 Å². The molecular weight excluding hydrogens is 483 g/mol. The van der Waals surface area contributed by atoms with Gasteiger partial charge < -0.3 is 10.6 Å². The van der Waals surface area contributed by atoms with Crippen LogP contribution in [0.25, 0.3) is 0 Å². The van der Waals surface area contributed by atoms with Crippen molar-refractivity contribution in [2.45, 2.75) is 38.9 Å². The number of Topliss-reactive ketones (excluding diaryl/α,β-unsaturated/α-hetero) is 1. The van der Waals surface area contributed by atoms with Gasteiger partial charge in [-0.25, -0.2) is 9.97 Å². The molecule has 2 aromatic heterocycles. The van der Waals surface area contributed by atoms with Crippen LogP contribution in [0.2, 0.25) is 5.02 Å². The van der Waals surface area contributed by atoms with Gasteiger partial charge in [-0.05, 0) is 50.1 Å². The number of hydrogen-bond acceptors (Lipinski definition) is 6. The van der Waals surface area contributed by atoms with Crippen molar-refractivity contribution in [2.24, 2.45) is 5.41 Å². The third-order valence-corrected chi connectivity index (χ3v) is 5.99. The van der Waals surface area contributed by atoms with Gasteiger partial charge in [0.2, 0.25) is 5.91 Å². The molecule has 4 rings (SSSR count). The van der Waals surface area contributed by atoms with Gasteiger partial charge in [-0.3, -0.25) is 14.6 Å². The zero-order valence-electron chi connectivity index (χ0n) is 18.6. The molecule has 35 heavy (non-hydrogen) atoms. The van der Waals surface area contributed by atoms with Crippen LogP contribution in [0.5, 0.6) is 0 Å². The number of aromatic nitrogens is 3. The van der Waals surface area contributed by atoms with E-state index in [0.717, 1.165) is 6.07 Å². The molecule has 3 aromatic rings. The predicted molar refractivity (Wildman–Crippen MR) is 123 cm³/mol. The molecule has 11 heteroatoms. The summed E-state index contributed by atoms with van der Waals surface area (Å²) < 4.78 is 39.8. The lowest BCUT2D eigenvalue weighted by Crippen LogP contribution is -2.33. The minimum Gasteiger partial charge on any atom is -0.354 e. The Morgan fingerprint density at radius 1 is 1.06 bits per heavy atom. The first kappa shape index (κ1) is 24.6. The van der Waals surface area contributed by atoms with E-state index in [2.05, 4.69) is 25.6 Å². The molecule has 0 aliphatic heterocycles. The first-order valence-electron chi connectivity index (χ1n) is 10.7. The second-order valence-electron chi connectivity index (χ2n) is 8.43. The molecule has 1 aromatic carbocycles. The lowest BCUT2D eigenvalue weighted by Gasteiger charge is -2.16. The molecule has 0 radical (unpaired) electrons. The monoisotopic (exact) mass is 503 g/mol. The van der Waals surface area contributed by atoms with Crippen LogP contribution in [0.1, 0.15) is 46.7 Å². The van der Waals surface area contributed by atoms with E-state index in [1.54, 1.807) is 19.1 Å².